The molecule has 2 aliphatic heterocycles. The van der Waals surface area contributed by atoms with Crippen molar-refractivity contribution in [2.45, 2.75) is 57.7 Å². The van der Waals surface area contributed by atoms with Crippen molar-refractivity contribution in [3.8, 4) is 0 Å². The molecule has 3 N–H and O–H groups in total. The maximum atomic E-state index is 12.6. The largest absolute Gasteiger partial charge is 0.307 e. The van der Waals surface area contributed by atoms with Gasteiger partial charge in [0, 0.05) is 37.8 Å². The van der Waals surface area contributed by atoms with Crippen LogP contribution in [-0.2, 0) is 0 Å². The van der Waals surface area contributed by atoms with Crippen LogP contribution >= 0.6 is 11.6 Å². The predicted molar refractivity (Wildman–Crippen MR) is 124 cm³/mol. The number of rotatable bonds is 7. The molecule has 4 rings (SSSR count). The van der Waals surface area contributed by atoms with Crippen molar-refractivity contribution in [3.63, 3.8) is 0 Å². The van der Waals surface area contributed by atoms with Crippen LogP contribution in [0, 0.1) is 5.92 Å². The molecule has 2 aromatic rings. The molecule has 0 spiro atoms. The molecule has 0 bridgehead atoms. The van der Waals surface area contributed by atoms with Gasteiger partial charge in [0.15, 0.2) is 0 Å². The Hall–Kier alpha value is -1.93. The van der Waals surface area contributed by atoms with E-state index in [1.165, 1.54) is 12.8 Å². The maximum Gasteiger partial charge on any atom is 0.258 e. The Labute approximate surface area is 189 Å². The fraction of sp³-hybridized carbons (Fsp3) is 0.565. The lowest BCUT2D eigenvalue weighted by molar-refractivity contribution is 0.102. The number of aromatic nitrogens is 2. The Balaban J connectivity index is 1.29. The molecule has 168 valence electrons. The van der Waals surface area contributed by atoms with Gasteiger partial charge in [-0.1, -0.05) is 37.6 Å². The van der Waals surface area contributed by atoms with Crippen LogP contribution < -0.4 is 16.2 Å². The summed E-state index contributed by atoms with van der Waals surface area (Å²) < 4.78 is 1.96. The molecule has 2 aliphatic rings. The Morgan fingerprint density at radius 1 is 1.19 bits per heavy atom. The van der Waals surface area contributed by atoms with E-state index >= 15 is 0 Å². The summed E-state index contributed by atoms with van der Waals surface area (Å²) in [6, 6.07) is 10.3. The van der Waals surface area contributed by atoms with Gasteiger partial charge in [0.1, 0.15) is 5.82 Å². The molecular weight excluding hydrogens is 412 g/mol. The Morgan fingerprint density at radius 2 is 1.94 bits per heavy atom. The molecule has 0 saturated carbocycles. The van der Waals surface area contributed by atoms with E-state index in [0.717, 1.165) is 44.2 Å². The van der Waals surface area contributed by atoms with Crippen LogP contribution in [0.1, 0.15) is 55.9 Å². The van der Waals surface area contributed by atoms with Crippen LogP contribution in [0.5, 0.6) is 0 Å². The van der Waals surface area contributed by atoms with Crippen LogP contribution in [-0.4, -0.2) is 52.3 Å². The van der Waals surface area contributed by atoms with Crippen molar-refractivity contribution >= 4 is 23.3 Å². The molecule has 2 saturated heterocycles. The van der Waals surface area contributed by atoms with Crippen molar-refractivity contribution < 1.29 is 4.79 Å². The van der Waals surface area contributed by atoms with Crippen molar-refractivity contribution in [2.75, 3.05) is 25.0 Å². The molecule has 1 amide bonds. The quantitative estimate of drug-likeness (QED) is 0.607. The molecule has 2 unspecified atom stereocenters. The lowest BCUT2D eigenvalue weighted by Crippen LogP contribution is -2.44. The number of nitrogens with one attached hydrogen (secondary N) is 3. The van der Waals surface area contributed by atoms with Crippen LogP contribution in [0.15, 0.2) is 36.5 Å². The third-order valence-electron chi connectivity index (χ3n) is 6.23. The van der Waals surface area contributed by atoms with E-state index in [2.05, 4.69) is 40.0 Å². The number of halogens is 1. The summed E-state index contributed by atoms with van der Waals surface area (Å²) in [4.78, 5) is 15.2. The molecular formula is C23H33ClN6O. The van der Waals surface area contributed by atoms with E-state index in [9.17, 15) is 4.79 Å². The lowest BCUT2D eigenvalue weighted by atomic mass is 9.99. The summed E-state index contributed by atoms with van der Waals surface area (Å²) in [5.74, 6) is 1.23. The first-order chi connectivity index (χ1) is 15.0. The van der Waals surface area contributed by atoms with Crippen molar-refractivity contribution in [1.82, 2.24) is 25.5 Å². The van der Waals surface area contributed by atoms with Crippen molar-refractivity contribution in [1.29, 1.82) is 0 Å². The highest BCUT2D eigenvalue weighted by atomic mass is 35.5. The third kappa shape index (κ3) is 5.66. The Bertz CT molecular complexity index is 876. The van der Waals surface area contributed by atoms with E-state index in [-0.39, 0.29) is 11.9 Å². The van der Waals surface area contributed by atoms with Crippen LogP contribution in [0.25, 0.3) is 0 Å². The van der Waals surface area contributed by atoms with Gasteiger partial charge in [-0.05, 0) is 43.7 Å². The zero-order valence-corrected chi connectivity index (χ0v) is 19.1. The monoisotopic (exact) mass is 444 g/mol. The fourth-order valence-corrected chi connectivity index (χ4v) is 4.95. The van der Waals surface area contributed by atoms with Crippen LogP contribution in [0.4, 0.5) is 5.82 Å². The lowest BCUT2D eigenvalue weighted by Gasteiger charge is -2.34. The second-order valence-corrected chi connectivity index (χ2v) is 9.58. The normalized spacial score (nSPS) is 22.8. The molecule has 2 fully saturated rings. The zero-order valence-electron chi connectivity index (χ0n) is 18.4. The number of amides is 1. The standard InChI is InChI=1S/C23H33ClN6O/c1-16(2)13-17-14-18(28-27-17)15-29-11-8-19(9-12-29)30-22(7-10-25-30)26-23(31)20-5-3-4-6-21(20)24/h3-7,10,16-19,27-28H,8-9,11-15H2,1-2H3,(H,26,31). The summed E-state index contributed by atoms with van der Waals surface area (Å²) in [5, 5.41) is 7.93. The first kappa shape index (κ1) is 22.3. The summed E-state index contributed by atoms with van der Waals surface area (Å²) in [7, 11) is 0. The molecule has 1 aromatic heterocycles. The maximum absolute atomic E-state index is 12.6. The van der Waals surface area contributed by atoms with Crippen molar-refractivity contribution in [2.24, 2.45) is 5.92 Å². The highest BCUT2D eigenvalue weighted by Crippen LogP contribution is 2.27. The van der Waals surface area contributed by atoms with Gasteiger partial charge in [0.2, 0.25) is 0 Å². The molecule has 0 aliphatic carbocycles. The van der Waals surface area contributed by atoms with E-state index < -0.39 is 0 Å². The van der Waals surface area contributed by atoms with E-state index in [1.807, 2.05) is 22.9 Å². The van der Waals surface area contributed by atoms with Gasteiger partial charge < -0.3 is 10.2 Å². The summed E-state index contributed by atoms with van der Waals surface area (Å²) in [5.41, 5.74) is 7.42. The highest BCUT2D eigenvalue weighted by Gasteiger charge is 2.29. The number of hydrogen-bond donors (Lipinski definition) is 3. The number of carbonyl (C=O) groups is 1. The summed E-state index contributed by atoms with van der Waals surface area (Å²) in [6.07, 6.45) is 6.19. The average molecular weight is 445 g/mol. The minimum atomic E-state index is -0.208. The SMILES string of the molecule is CC(C)CC1CC(CN2CCC(n3nccc3NC(=O)c3ccccc3Cl)CC2)NN1. The van der Waals surface area contributed by atoms with Gasteiger partial charge in [-0.3, -0.25) is 15.6 Å². The zero-order chi connectivity index (χ0) is 21.8. The number of hydrazine groups is 1. The fourth-order valence-electron chi connectivity index (χ4n) is 4.73. The van der Waals surface area contributed by atoms with Gasteiger partial charge >= 0.3 is 0 Å². The number of piperidine rings is 1. The van der Waals surface area contributed by atoms with Crippen molar-refractivity contribution in [3.05, 3.63) is 47.1 Å². The van der Waals surface area contributed by atoms with Gasteiger partial charge in [-0.25, -0.2) is 4.68 Å². The van der Waals surface area contributed by atoms with Gasteiger partial charge in [0.05, 0.1) is 22.8 Å². The highest BCUT2D eigenvalue weighted by molar-refractivity contribution is 6.34. The number of benzene rings is 1. The summed E-state index contributed by atoms with van der Waals surface area (Å²) in [6.45, 7) is 7.70. The predicted octanol–water partition coefficient (Wildman–Crippen LogP) is 3.71. The number of carbonyl (C=O) groups excluding carboxylic acids is 1. The first-order valence-corrected chi connectivity index (χ1v) is 11.7. The minimum Gasteiger partial charge on any atom is -0.307 e. The van der Waals surface area contributed by atoms with Gasteiger partial charge in [-0.15, -0.1) is 0 Å². The molecule has 0 radical (unpaired) electrons. The molecule has 31 heavy (non-hydrogen) atoms. The molecule has 3 heterocycles. The number of nitrogens with zero attached hydrogens (tertiary/aromatic N) is 3. The average Bonchev–Trinajstić information content (AvgIpc) is 3.38. The second kappa shape index (κ2) is 10.1. The molecule has 1 aromatic carbocycles. The Kier molecular flexibility index (Phi) is 7.27. The topological polar surface area (TPSA) is 74.2 Å². The Morgan fingerprint density at radius 3 is 2.68 bits per heavy atom. The number of hydrogen-bond acceptors (Lipinski definition) is 5. The van der Waals surface area contributed by atoms with E-state index in [4.69, 9.17) is 11.6 Å². The summed E-state index contributed by atoms with van der Waals surface area (Å²) >= 11 is 6.17. The second-order valence-electron chi connectivity index (χ2n) is 9.17. The molecule has 7 nitrogen and oxygen atoms in total. The van der Waals surface area contributed by atoms with Gasteiger partial charge in [0.25, 0.3) is 5.91 Å². The third-order valence-corrected chi connectivity index (χ3v) is 6.56. The van der Waals surface area contributed by atoms with E-state index in [0.29, 0.717) is 22.7 Å². The van der Waals surface area contributed by atoms with Gasteiger partial charge in [-0.2, -0.15) is 5.10 Å². The molecule has 2 atom stereocenters. The number of likely N-dealkylation sites (tertiary alicyclic amines) is 1. The number of anilines is 1. The minimum absolute atomic E-state index is 0.208. The van der Waals surface area contributed by atoms with Crippen LogP contribution in [0.3, 0.4) is 0 Å². The van der Waals surface area contributed by atoms with E-state index in [1.54, 1.807) is 18.3 Å². The first-order valence-electron chi connectivity index (χ1n) is 11.3. The van der Waals surface area contributed by atoms with Crippen LogP contribution in [0.2, 0.25) is 5.02 Å². The molecule has 8 heteroatoms. The smallest absolute Gasteiger partial charge is 0.258 e.